The van der Waals surface area contributed by atoms with E-state index in [0.29, 0.717) is 12.0 Å². The third-order valence-electron chi connectivity index (χ3n) is 3.67. The molecule has 2 rings (SSSR count). The van der Waals surface area contributed by atoms with E-state index in [2.05, 4.69) is 6.92 Å². The largest absolute Gasteiger partial charge is 0.327 e. The highest BCUT2D eigenvalue weighted by Crippen LogP contribution is 2.29. The summed E-state index contributed by atoms with van der Waals surface area (Å²) in [5, 5.41) is 0. The molecule has 0 fully saturated rings. The Morgan fingerprint density at radius 1 is 1.00 bits per heavy atom. The fourth-order valence-corrected chi connectivity index (χ4v) is 2.27. The SMILES string of the molecule is Cc1ccc(CC(F)(CN)c2ccccc2)cc1C. The number of rotatable bonds is 4. The van der Waals surface area contributed by atoms with Gasteiger partial charge in [-0.3, -0.25) is 0 Å². The van der Waals surface area contributed by atoms with Gasteiger partial charge in [-0.1, -0.05) is 48.5 Å². The summed E-state index contributed by atoms with van der Waals surface area (Å²) in [6.07, 6.45) is 0.314. The minimum absolute atomic E-state index is 0.00998. The molecule has 0 aliphatic rings. The molecule has 0 radical (unpaired) electrons. The van der Waals surface area contributed by atoms with E-state index in [-0.39, 0.29) is 6.54 Å². The average Bonchev–Trinajstić information content (AvgIpc) is 2.44. The van der Waals surface area contributed by atoms with Crippen LogP contribution in [-0.2, 0) is 12.1 Å². The molecule has 0 aliphatic carbocycles. The van der Waals surface area contributed by atoms with Gasteiger partial charge >= 0.3 is 0 Å². The Labute approximate surface area is 114 Å². The molecule has 0 amide bonds. The lowest BCUT2D eigenvalue weighted by atomic mass is 9.88. The normalized spacial score (nSPS) is 14.1. The number of halogens is 1. The molecule has 1 unspecified atom stereocenters. The maximum Gasteiger partial charge on any atom is 0.152 e. The highest BCUT2D eigenvalue weighted by molar-refractivity contribution is 5.33. The first kappa shape index (κ1) is 13.8. The molecule has 0 aliphatic heterocycles. The molecule has 1 nitrogen and oxygen atoms in total. The lowest BCUT2D eigenvalue weighted by Crippen LogP contribution is -2.32. The Bertz CT molecular complexity index is 550. The van der Waals surface area contributed by atoms with Crippen molar-refractivity contribution < 1.29 is 4.39 Å². The van der Waals surface area contributed by atoms with E-state index in [4.69, 9.17) is 5.73 Å². The number of aryl methyl sites for hydroxylation is 2. The van der Waals surface area contributed by atoms with E-state index in [0.717, 1.165) is 5.56 Å². The summed E-state index contributed by atoms with van der Waals surface area (Å²) in [4.78, 5) is 0. The number of hydrogen-bond donors (Lipinski definition) is 1. The molecule has 2 aromatic rings. The summed E-state index contributed by atoms with van der Waals surface area (Å²) in [6, 6.07) is 15.2. The first-order chi connectivity index (χ1) is 9.05. The van der Waals surface area contributed by atoms with Crippen molar-refractivity contribution in [3.8, 4) is 0 Å². The van der Waals surface area contributed by atoms with Crippen LogP contribution < -0.4 is 5.73 Å². The lowest BCUT2D eigenvalue weighted by Gasteiger charge is -2.24. The maximum atomic E-state index is 15.0. The van der Waals surface area contributed by atoms with Crippen molar-refractivity contribution >= 4 is 0 Å². The van der Waals surface area contributed by atoms with Crippen molar-refractivity contribution in [1.82, 2.24) is 0 Å². The number of benzene rings is 2. The zero-order chi connectivity index (χ0) is 13.9. The first-order valence-electron chi connectivity index (χ1n) is 6.56. The minimum atomic E-state index is -1.50. The second-order valence-electron chi connectivity index (χ2n) is 5.13. The molecule has 1 atom stereocenters. The third kappa shape index (κ3) is 3.02. The maximum absolute atomic E-state index is 15.0. The number of hydrogen-bond acceptors (Lipinski definition) is 1. The zero-order valence-corrected chi connectivity index (χ0v) is 11.5. The number of alkyl halides is 1. The second-order valence-corrected chi connectivity index (χ2v) is 5.13. The van der Waals surface area contributed by atoms with E-state index >= 15 is 4.39 Å². The number of nitrogens with two attached hydrogens (primary N) is 1. The van der Waals surface area contributed by atoms with E-state index in [1.54, 1.807) is 12.1 Å². The van der Waals surface area contributed by atoms with Crippen molar-refractivity contribution in [2.75, 3.05) is 6.54 Å². The topological polar surface area (TPSA) is 26.0 Å². The summed E-state index contributed by atoms with van der Waals surface area (Å²) in [6.45, 7) is 4.09. The van der Waals surface area contributed by atoms with E-state index < -0.39 is 5.67 Å². The second kappa shape index (κ2) is 5.54. The van der Waals surface area contributed by atoms with Gasteiger partial charge in [0.25, 0.3) is 0 Å². The monoisotopic (exact) mass is 257 g/mol. The Morgan fingerprint density at radius 3 is 2.26 bits per heavy atom. The van der Waals surface area contributed by atoms with Gasteiger partial charge in [0.2, 0.25) is 0 Å². The Morgan fingerprint density at radius 2 is 1.68 bits per heavy atom. The molecular formula is C17H20FN. The predicted octanol–water partition coefficient (Wildman–Crippen LogP) is 3.67. The summed E-state index contributed by atoms with van der Waals surface area (Å²) in [7, 11) is 0. The molecule has 0 spiro atoms. The van der Waals surface area contributed by atoms with Crippen LogP contribution >= 0.6 is 0 Å². The van der Waals surface area contributed by atoms with Crippen LogP contribution in [0.25, 0.3) is 0 Å². The van der Waals surface area contributed by atoms with Gasteiger partial charge in [0, 0.05) is 13.0 Å². The highest BCUT2D eigenvalue weighted by Gasteiger charge is 2.30. The van der Waals surface area contributed by atoms with E-state index in [1.165, 1.54) is 11.1 Å². The van der Waals surface area contributed by atoms with Gasteiger partial charge in [0.05, 0.1) is 0 Å². The van der Waals surface area contributed by atoms with Crippen LogP contribution in [0.3, 0.4) is 0 Å². The standard InChI is InChI=1S/C17H20FN/c1-13-8-9-15(10-14(13)2)11-17(18,12-19)16-6-4-3-5-7-16/h3-10H,11-12,19H2,1-2H3. The van der Waals surface area contributed by atoms with Crippen molar-refractivity contribution in [3.63, 3.8) is 0 Å². The molecule has 0 heterocycles. The lowest BCUT2D eigenvalue weighted by molar-refractivity contribution is 0.175. The van der Waals surface area contributed by atoms with Gasteiger partial charge in [0.1, 0.15) is 0 Å². The van der Waals surface area contributed by atoms with Gasteiger partial charge in [0.15, 0.2) is 5.67 Å². The van der Waals surface area contributed by atoms with Crippen LogP contribution in [0, 0.1) is 13.8 Å². The van der Waals surface area contributed by atoms with Crippen molar-refractivity contribution in [1.29, 1.82) is 0 Å². The van der Waals surface area contributed by atoms with Gasteiger partial charge in [-0.25, -0.2) is 4.39 Å². The Balaban J connectivity index is 2.30. The molecule has 2 N–H and O–H groups in total. The quantitative estimate of drug-likeness (QED) is 0.888. The van der Waals surface area contributed by atoms with Crippen molar-refractivity contribution in [3.05, 3.63) is 70.8 Å². The molecule has 2 aromatic carbocycles. The molecule has 2 heteroatoms. The zero-order valence-electron chi connectivity index (χ0n) is 11.5. The first-order valence-corrected chi connectivity index (χ1v) is 6.56. The van der Waals surface area contributed by atoms with Gasteiger partial charge in [-0.05, 0) is 36.1 Å². The molecule has 0 saturated heterocycles. The molecule has 100 valence electrons. The van der Waals surface area contributed by atoms with E-state index in [1.807, 2.05) is 43.3 Å². The third-order valence-corrected chi connectivity index (χ3v) is 3.67. The smallest absolute Gasteiger partial charge is 0.152 e. The Kier molecular flexibility index (Phi) is 4.01. The summed E-state index contributed by atoms with van der Waals surface area (Å²) in [5.41, 5.74) is 8.23. The summed E-state index contributed by atoms with van der Waals surface area (Å²) < 4.78 is 15.0. The van der Waals surface area contributed by atoms with Gasteiger partial charge < -0.3 is 5.73 Å². The molecule has 0 saturated carbocycles. The van der Waals surface area contributed by atoms with Crippen molar-refractivity contribution in [2.24, 2.45) is 5.73 Å². The van der Waals surface area contributed by atoms with Crippen LogP contribution in [0.5, 0.6) is 0 Å². The molecule has 0 aromatic heterocycles. The van der Waals surface area contributed by atoms with Crippen LogP contribution in [0.1, 0.15) is 22.3 Å². The summed E-state index contributed by atoms with van der Waals surface area (Å²) in [5.74, 6) is 0. The van der Waals surface area contributed by atoms with Crippen LogP contribution in [0.4, 0.5) is 4.39 Å². The molecule has 19 heavy (non-hydrogen) atoms. The van der Waals surface area contributed by atoms with Crippen LogP contribution in [-0.4, -0.2) is 6.54 Å². The van der Waals surface area contributed by atoms with E-state index in [9.17, 15) is 0 Å². The minimum Gasteiger partial charge on any atom is -0.327 e. The van der Waals surface area contributed by atoms with Crippen LogP contribution in [0.2, 0.25) is 0 Å². The van der Waals surface area contributed by atoms with Crippen molar-refractivity contribution in [2.45, 2.75) is 25.9 Å². The van der Waals surface area contributed by atoms with Gasteiger partial charge in [-0.2, -0.15) is 0 Å². The predicted molar refractivity (Wildman–Crippen MR) is 77.9 cm³/mol. The fourth-order valence-electron chi connectivity index (χ4n) is 2.27. The summed E-state index contributed by atoms with van der Waals surface area (Å²) >= 11 is 0. The fraction of sp³-hybridized carbons (Fsp3) is 0.294. The highest BCUT2D eigenvalue weighted by atomic mass is 19.1. The average molecular weight is 257 g/mol. The molecular weight excluding hydrogens is 237 g/mol. The van der Waals surface area contributed by atoms with Gasteiger partial charge in [-0.15, -0.1) is 0 Å². The Hall–Kier alpha value is -1.67. The van der Waals surface area contributed by atoms with Crippen LogP contribution in [0.15, 0.2) is 48.5 Å². The molecule has 0 bridgehead atoms.